The Labute approximate surface area is 204 Å². The summed E-state index contributed by atoms with van der Waals surface area (Å²) >= 11 is 0. The van der Waals surface area contributed by atoms with E-state index in [1.165, 1.54) is 20.3 Å². The number of esters is 1. The Bertz CT molecular complexity index is 1130. The second-order valence-electron chi connectivity index (χ2n) is 7.63. The van der Waals surface area contributed by atoms with Crippen molar-refractivity contribution in [3.8, 4) is 11.5 Å². The molecule has 3 rings (SSSR count). The molecule has 8 nitrogen and oxygen atoms in total. The standard InChI is InChI=1S/C27H28N2O6/c1-33-23-14-13-21(16-24(23)34-2)27(32)28-17-26(31)35-18-25(30)29-22(20-11-7-4-8-12-20)15-19-9-5-3-6-10-19/h3-14,16,22H,15,17-18H2,1-2H3,(H,28,32)(H,29,30). The summed E-state index contributed by atoms with van der Waals surface area (Å²) in [5.74, 6) is -0.777. The quantitative estimate of drug-likeness (QED) is 0.413. The van der Waals surface area contributed by atoms with Crippen molar-refractivity contribution in [3.05, 3.63) is 95.6 Å². The van der Waals surface area contributed by atoms with Crippen LogP contribution in [0.4, 0.5) is 0 Å². The molecule has 3 aromatic carbocycles. The molecule has 3 aromatic rings. The first-order chi connectivity index (χ1) is 17.0. The molecule has 0 aromatic heterocycles. The molecule has 8 heteroatoms. The topological polar surface area (TPSA) is 103 Å². The van der Waals surface area contributed by atoms with E-state index in [9.17, 15) is 14.4 Å². The molecule has 0 spiro atoms. The maximum atomic E-state index is 12.5. The van der Waals surface area contributed by atoms with Crippen molar-refractivity contribution in [2.75, 3.05) is 27.4 Å². The number of benzene rings is 3. The van der Waals surface area contributed by atoms with Crippen molar-refractivity contribution in [2.24, 2.45) is 0 Å². The predicted octanol–water partition coefficient (Wildman–Crippen LogP) is 3.08. The van der Waals surface area contributed by atoms with Gasteiger partial charge in [-0.15, -0.1) is 0 Å². The number of rotatable bonds is 11. The highest BCUT2D eigenvalue weighted by Crippen LogP contribution is 2.27. The Balaban J connectivity index is 1.50. The number of hydrogen-bond donors (Lipinski definition) is 2. The van der Waals surface area contributed by atoms with Gasteiger partial charge < -0.3 is 24.8 Å². The first-order valence-electron chi connectivity index (χ1n) is 11.0. The number of hydrogen-bond acceptors (Lipinski definition) is 6. The molecule has 0 aliphatic heterocycles. The second-order valence-corrected chi connectivity index (χ2v) is 7.63. The fraction of sp³-hybridized carbons (Fsp3) is 0.222. The molecule has 182 valence electrons. The van der Waals surface area contributed by atoms with E-state index < -0.39 is 24.4 Å². The molecular formula is C27H28N2O6. The molecule has 0 fully saturated rings. The Morgan fingerprint density at radius 1 is 0.829 bits per heavy atom. The molecule has 1 atom stereocenters. The summed E-state index contributed by atoms with van der Waals surface area (Å²) in [6.07, 6.45) is 0.589. The molecule has 0 saturated heterocycles. The lowest BCUT2D eigenvalue weighted by atomic mass is 9.99. The van der Waals surface area contributed by atoms with Gasteiger partial charge >= 0.3 is 5.97 Å². The molecule has 0 bridgehead atoms. The van der Waals surface area contributed by atoms with Crippen LogP contribution in [0.2, 0.25) is 0 Å². The molecule has 1 unspecified atom stereocenters. The fourth-order valence-electron chi connectivity index (χ4n) is 3.45. The number of methoxy groups -OCH3 is 2. The number of carbonyl (C=O) groups is 3. The minimum absolute atomic E-state index is 0.283. The zero-order valence-corrected chi connectivity index (χ0v) is 19.7. The van der Waals surface area contributed by atoms with Crippen LogP contribution in [0, 0.1) is 0 Å². The largest absolute Gasteiger partial charge is 0.493 e. The third-order valence-electron chi connectivity index (χ3n) is 5.22. The summed E-state index contributed by atoms with van der Waals surface area (Å²) < 4.78 is 15.4. The van der Waals surface area contributed by atoms with Gasteiger partial charge in [-0.3, -0.25) is 14.4 Å². The van der Waals surface area contributed by atoms with E-state index in [1.807, 2.05) is 60.7 Å². The zero-order chi connectivity index (χ0) is 25.0. The van der Waals surface area contributed by atoms with Gasteiger partial charge in [0.15, 0.2) is 18.1 Å². The van der Waals surface area contributed by atoms with E-state index >= 15 is 0 Å². The Hall–Kier alpha value is -4.33. The highest BCUT2D eigenvalue weighted by molar-refractivity contribution is 5.96. The van der Waals surface area contributed by atoms with Crippen LogP contribution in [0.5, 0.6) is 11.5 Å². The van der Waals surface area contributed by atoms with Crippen LogP contribution in [0.3, 0.4) is 0 Å². The van der Waals surface area contributed by atoms with Crippen LogP contribution in [-0.2, 0) is 20.7 Å². The van der Waals surface area contributed by atoms with Gasteiger partial charge in [-0.1, -0.05) is 60.7 Å². The lowest BCUT2D eigenvalue weighted by molar-refractivity contribution is -0.147. The van der Waals surface area contributed by atoms with Crippen molar-refractivity contribution in [2.45, 2.75) is 12.5 Å². The molecule has 0 aliphatic rings. The van der Waals surface area contributed by atoms with E-state index in [-0.39, 0.29) is 12.6 Å². The molecule has 0 saturated carbocycles. The molecule has 0 heterocycles. The lowest BCUT2D eigenvalue weighted by Crippen LogP contribution is -2.36. The summed E-state index contributed by atoms with van der Waals surface area (Å²) in [6, 6.07) is 23.7. The van der Waals surface area contributed by atoms with Gasteiger partial charge in [-0.25, -0.2) is 0 Å². The van der Waals surface area contributed by atoms with E-state index in [2.05, 4.69) is 10.6 Å². The summed E-state index contributed by atoms with van der Waals surface area (Å²) in [5, 5.41) is 5.39. The van der Waals surface area contributed by atoms with Gasteiger partial charge in [0.2, 0.25) is 0 Å². The van der Waals surface area contributed by atoms with Crippen molar-refractivity contribution >= 4 is 17.8 Å². The van der Waals surface area contributed by atoms with Gasteiger partial charge in [-0.2, -0.15) is 0 Å². The van der Waals surface area contributed by atoms with E-state index in [4.69, 9.17) is 14.2 Å². The fourth-order valence-corrected chi connectivity index (χ4v) is 3.45. The highest BCUT2D eigenvalue weighted by atomic mass is 16.5. The first kappa shape index (κ1) is 25.3. The van der Waals surface area contributed by atoms with E-state index in [1.54, 1.807) is 12.1 Å². The van der Waals surface area contributed by atoms with Gasteiger partial charge in [0, 0.05) is 5.56 Å². The van der Waals surface area contributed by atoms with Crippen molar-refractivity contribution in [1.82, 2.24) is 10.6 Å². The molecule has 0 radical (unpaired) electrons. The van der Waals surface area contributed by atoms with Crippen molar-refractivity contribution in [3.63, 3.8) is 0 Å². The molecule has 2 N–H and O–H groups in total. The van der Waals surface area contributed by atoms with Crippen LogP contribution in [0.1, 0.15) is 27.5 Å². The van der Waals surface area contributed by atoms with E-state index in [0.717, 1.165) is 11.1 Å². The third kappa shape index (κ3) is 7.60. The van der Waals surface area contributed by atoms with Crippen LogP contribution in [0.15, 0.2) is 78.9 Å². The number of carbonyl (C=O) groups excluding carboxylic acids is 3. The average Bonchev–Trinajstić information content (AvgIpc) is 2.90. The van der Waals surface area contributed by atoms with E-state index in [0.29, 0.717) is 23.5 Å². The maximum Gasteiger partial charge on any atom is 0.325 e. The van der Waals surface area contributed by atoms with Crippen molar-refractivity contribution < 1.29 is 28.6 Å². The van der Waals surface area contributed by atoms with Gasteiger partial charge in [0.25, 0.3) is 11.8 Å². The third-order valence-corrected chi connectivity index (χ3v) is 5.22. The predicted molar refractivity (Wildman–Crippen MR) is 130 cm³/mol. The molecule has 0 aliphatic carbocycles. The van der Waals surface area contributed by atoms with Crippen LogP contribution >= 0.6 is 0 Å². The Morgan fingerprint density at radius 3 is 2.14 bits per heavy atom. The molecule has 2 amide bonds. The Morgan fingerprint density at radius 2 is 1.49 bits per heavy atom. The minimum Gasteiger partial charge on any atom is -0.493 e. The summed E-state index contributed by atoms with van der Waals surface area (Å²) in [4.78, 5) is 36.9. The SMILES string of the molecule is COc1ccc(C(=O)NCC(=O)OCC(=O)NC(Cc2ccccc2)c2ccccc2)cc1OC. The number of ether oxygens (including phenoxy) is 3. The van der Waals surface area contributed by atoms with Crippen LogP contribution < -0.4 is 20.1 Å². The summed E-state index contributed by atoms with van der Waals surface area (Å²) in [6.45, 7) is -0.838. The highest BCUT2D eigenvalue weighted by Gasteiger charge is 2.17. The van der Waals surface area contributed by atoms with Crippen LogP contribution in [-0.4, -0.2) is 45.2 Å². The smallest absolute Gasteiger partial charge is 0.325 e. The van der Waals surface area contributed by atoms with Crippen LogP contribution in [0.25, 0.3) is 0 Å². The molecular weight excluding hydrogens is 448 g/mol. The first-order valence-corrected chi connectivity index (χ1v) is 11.0. The maximum absolute atomic E-state index is 12.5. The average molecular weight is 477 g/mol. The van der Waals surface area contributed by atoms with Gasteiger partial charge in [-0.05, 0) is 35.7 Å². The number of nitrogens with one attached hydrogen (secondary N) is 2. The van der Waals surface area contributed by atoms with Crippen molar-refractivity contribution in [1.29, 1.82) is 0 Å². The normalized spacial score (nSPS) is 11.1. The Kier molecular flexibility index (Phi) is 9.24. The second kappa shape index (κ2) is 12.8. The minimum atomic E-state index is -0.728. The number of amides is 2. The summed E-state index contributed by atoms with van der Waals surface area (Å²) in [5.41, 5.74) is 2.30. The summed E-state index contributed by atoms with van der Waals surface area (Å²) in [7, 11) is 2.96. The lowest BCUT2D eigenvalue weighted by Gasteiger charge is -2.19. The zero-order valence-electron chi connectivity index (χ0n) is 19.7. The van der Waals surface area contributed by atoms with Gasteiger partial charge in [0.1, 0.15) is 6.54 Å². The molecule has 35 heavy (non-hydrogen) atoms. The monoisotopic (exact) mass is 476 g/mol. The van der Waals surface area contributed by atoms with Gasteiger partial charge in [0.05, 0.1) is 20.3 Å².